The van der Waals surface area contributed by atoms with Crippen molar-refractivity contribution < 1.29 is 4.74 Å². The minimum absolute atomic E-state index is 0.446. The molecule has 0 aromatic heterocycles. The second-order valence-corrected chi connectivity index (χ2v) is 6.33. The Morgan fingerprint density at radius 3 is 2.79 bits per heavy atom. The molecule has 0 radical (unpaired) electrons. The van der Waals surface area contributed by atoms with Crippen LogP contribution in [0.4, 0.5) is 0 Å². The topological polar surface area (TPSA) is 38.5 Å². The third kappa shape index (κ3) is 3.71. The molecule has 1 aliphatic heterocycles. The highest BCUT2D eigenvalue weighted by Gasteiger charge is 2.26. The Morgan fingerprint density at radius 1 is 1.37 bits per heavy atom. The summed E-state index contributed by atoms with van der Waals surface area (Å²) < 4.78 is 5.32. The Labute approximate surface area is 116 Å². The summed E-state index contributed by atoms with van der Waals surface area (Å²) in [4.78, 5) is 2.55. The quantitative estimate of drug-likeness (QED) is 0.907. The molecule has 0 saturated carbocycles. The van der Waals surface area contributed by atoms with E-state index < -0.39 is 0 Å². The van der Waals surface area contributed by atoms with Crippen molar-refractivity contribution in [2.24, 2.45) is 11.1 Å². The molecule has 0 amide bonds. The summed E-state index contributed by atoms with van der Waals surface area (Å²) in [5.41, 5.74) is 8.65. The number of benzene rings is 1. The molecule has 1 aromatic rings. The van der Waals surface area contributed by atoms with Gasteiger partial charge in [0.15, 0.2) is 0 Å². The molecule has 3 heteroatoms. The van der Waals surface area contributed by atoms with Gasteiger partial charge in [0.25, 0.3) is 0 Å². The zero-order valence-electron chi connectivity index (χ0n) is 12.4. The van der Waals surface area contributed by atoms with Gasteiger partial charge >= 0.3 is 0 Å². The Kier molecular flexibility index (Phi) is 4.48. The summed E-state index contributed by atoms with van der Waals surface area (Å²) in [7, 11) is 1.70. The third-order valence-corrected chi connectivity index (χ3v) is 3.95. The predicted molar refractivity (Wildman–Crippen MR) is 79.2 cm³/mol. The fourth-order valence-electron chi connectivity index (χ4n) is 3.03. The zero-order chi connectivity index (χ0) is 13.9. The molecule has 1 saturated heterocycles. The van der Waals surface area contributed by atoms with Gasteiger partial charge in [-0.2, -0.15) is 0 Å². The lowest BCUT2D eigenvalue weighted by atomic mass is 9.84. The van der Waals surface area contributed by atoms with Gasteiger partial charge < -0.3 is 10.5 Å². The Balaban J connectivity index is 2.06. The minimum atomic E-state index is 0.446. The van der Waals surface area contributed by atoms with Crippen LogP contribution in [-0.2, 0) is 13.1 Å². The van der Waals surface area contributed by atoms with Crippen molar-refractivity contribution in [3.8, 4) is 5.75 Å². The smallest absolute Gasteiger partial charge is 0.123 e. The lowest BCUT2D eigenvalue weighted by Gasteiger charge is -2.38. The van der Waals surface area contributed by atoms with E-state index in [1.807, 2.05) is 6.07 Å². The third-order valence-electron chi connectivity index (χ3n) is 3.95. The Morgan fingerprint density at radius 2 is 2.16 bits per heavy atom. The van der Waals surface area contributed by atoms with Crippen molar-refractivity contribution in [3.63, 3.8) is 0 Å². The van der Waals surface area contributed by atoms with E-state index in [2.05, 4.69) is 30.9 Å². The molecule has 19 heavy (non-hydrogen) atoms. The van der Waals surface area contributed by atoms with Crippen molar-refractivity contribution >= 4 is 0 Å². The SMILES string of the molecule is COc1ccc(CN2CCCC(C)(C)C2)cc1CN. The molecule has 1 aliphatic rings. The van der Waals surface area contributed by atoms with Crippen LogP contribution in [0.1, 0.15) is 37.8 Å². The highest BCUT2D eigenvalue weighted by atomic mass is 16.5. The van der Waals surface area contributed by atoms with Crippen molar-refractivity contribution in [1.82, 2.24) is 4.90 Å². The van der Waals surface area contributed by atoms with E-state index >= 15 is 0 Å². The fourth-order valence-corrected chi connectivity index (χ4v) is 3.03. The fraction of sp³-hybridized carbons (Fsp3) is 0.625. The number of hydrogen-bond donors (Lipinski definition) is 1. The molecule has 1 aromatic carbocycles. The summed E-state index contributed by atoms with van der Waals surface area (Å²) in [6, 6.07) is 6.37. The first-order chi connectivity index (χ1) is 9.04. The first-order valence-electron chi connectivity index (χ1n) is 7.12. The van der Waals surface area contributed by atoms with Gasteiger partial charge in [-0.1, -0.05) is 19.9 Å². The number of methoxy groups -OCH3 is 1. The van der Waals surface area contributed by atoms with Gasteiger partial charge in [-0.05, 0) is 42.5 Å². The summed E-state index contributed by atoms with van der Waals surface area (Å²) in [5, 5.41) is 0. The van der Waals surface area contributed by atoms with Crippen LogP contribution in [-0.4, -0.2) is 25.1 Å². The molecular formula is C16H26N2O. The van der Waals surface area contributed by atoms with Gasteiger partial charge in [0.05, 0.1) is 7.11 Å². The standard InChI is InChI=1S/C16H26N2O/c1-16(2)7-4-8-18(12-16)11-13-5-6-15(19-3)14(9-13)10-17/h5-6,9H,4,7-8,10-12,17H2,1-3H3. The van der Waals surface area contributed by atoms with Crippen LogP contribution in [0.5, 0.6) is 5.75 Å². The molecule has 0 atom stereocenters. The molecule has 106 valence electrons. The summed E-state index contributed by atoms with van der Waals surface area (Å²) >= 11 is 0. The molecule has 0 bridgehead atoms. The van der Waals surface area contributed by atoms with Gasteiger partial charge in [-0.3, -0.25) is 4.90 Å². The maximum atomic E-state index is 5.78. The van der Waals surface area contributed by atoms with Crippen molar-refractivity contribution in [3.05, 3.63) is 29.3 Å². The van der Waals surface area contributed by atoms with Crippen LogP contribution < -0.4 is 10.5 Å². The summed E-state index contributed by atoms with van der Waals surface area (Å²) in [5.74, 6) is 0.894. The Bertz CT molecular complexity index is 429. The number of ether oxygens (including phenoxy) is 1. The van der Waals surface area contributed by atoms with Gasteiger partial charge in [0, 0.05) is 25.2 Å². The van der Waals surface area contributed by atoms with Crippen molar-refractivity contribution in [2.45, 2.75) is 39.8 Å². The van der Waals surface area contributed by atoms with Crippen LogP contribution in [0.3, 0.4) is 0 Å². The highest BCUT2D eigenvalue weighted by Crippen LogP contribution is 2.29. The van der Waals surface area contributed by atoms with Crippen molar-refractivity contribution in [2.75, 3.05) is 20.2 Å². The number of nitrogens with two attached hydrogens (primary N) is 1. The van der Waals surface area contributed by atoms with E-state index in [9.17, 15) is 0 Å². The average Bonchev–Trinajstić information content (AvgIpc) is 2.37. The van der Waals surface area contributed by atoms with E-state index in [4.69, 9.17) is 10.5 Å². The van der Waals surface area contributed by atoms with Gasteiger partial charge in [0.2, 0.25) is 0 Å². The molecule has 1 heterocycles. The van der Waals surface area contributed by atoms with E-state index in [1.54, 1.807) is 7.11 Å². The summed E-state index contributed by atoms with van der Waals surface area (Å²) in [6.07, 6.45) is 2.63. The number of hydrogen-bond acceptors (Lipinski definition) is 3. The van der Waals surface area contributed by atoms with Gasteiger partial charge in [0.1, 0.15) is 5.75 Å². The van der Waals surface area contributed by atoms with E-state index in [-0.39, 0.29) is 0 Å². The Hall–Kier alpha value is -1.06. The molecule has 2 rings (SSSR count). The lowest BCUT2D eigenvalue weighted by Crippen LogP contribution is -2.39. The van der Waals surface area contributed by atoms with Crippen LogP contribution in [0.15, 0.2) is 18.2 Å². The first-order valence-corrected chi connectivity index (χ1v) is 7.12. The zero-order valence-corrected chi connectivity index (χ0v) is 12.4. The normalized spacial score (nSPS) is 19.4. The second-order valence-electron chi connectivity index (χ2n) is 6.33. The van der Waals surface area contributed by atoms with Crippen LogP contribution in [0.2, 0.25) is 0 Å². The molecule has 1 fully saturated rings. The van der Waals surface area contributed by atoms with E-state index in [1.165, 1.54) is 31.5 Å². The number of likely N-dealkylation sites (tertiary alicyclic amines) is 1. The van der Waals surface area contributed by atoms with Gasteiger partial charge in [-0.15, -0.1) is 0 Å². The van der Waals surface area contributed by atoms with Crippen LogP contribution in [0, 0.1) is 5.41 Å². The predicted octanol–water partition coefficient (Wildman–Crippen LogP) is 2.78. The second kappa shape index (κ2) is 5.93. The maximum absolute atomic E-state index is 5.78. The molecule has 2 N–H and O–H groups in total. The van der Waals surface area contributed by atoms with Crippen LogP contribution >= 0.6 is 0 Å². The van der Waals surface area contributed by atoms with Crippen molar-refractivity contribution in [1.29, 1.82) is 0 Å². The van der Waals surface area contributed by atoms with Crippen LogP contribution in [0.25, 0.3) is 0 Å². The molecule has 0 unspecified atom stereocenters. The highest BCUT2D eigenvalue weighted by molar-refractivity contribution is 5.37. The maximum Gasteiger partial charge on any atom is 0.123 e. The molecular weight excluding hydrogens is 236 g/mol. The molecule has 0 spiro atoms. The van der Waals surface area contributed by atoms with Gasteiger partial charge in [-0.25, -0.2) is 0 Å². The van der Waals surface area contributed by atoms with E-state index in [0.717, 1.165) is 17.9 Å². The lowest BCUT2D eigenvalue weighted by molar-refractivity contribution is 0.111. The first kappa shape index (κ1) is 14.4. The minimum Gasteiger partial charge on any atom is -0.496 e. The largest absolute Gasteiger partial charge is 0.496 e. The van der Waals surface area contributed by atoms with E-state index in [0.29, 0.717) is 12.0 Å². The number of nitrogens with zero attached hydrogens (tertiary/aromatic N) is 1. The molecule has 0 aliphatic carbocycles. The number of rotatable bonds is 4. The number of piperidine rings is 1. The molecule has 3 nitrogen and oxygen atoms in total. The summed E-state index contributed by atoms with van der Waals surface area (Å²) in [6.45, 7) is 8.64. The average molecular weight is 262 g/mol. The monoisotopic (exact) mass is 262 g/mol.